The summed E-state index contributed by atoms with van der Waals surface area (Å²) in [4.78, 5) is 35.2. The zero-order valence-corrected chi connectivity index (χ0v) is 11.5. The summed E-state index contributed by atoms with van der Waals surface area (Å²) < 4.78 is 0. The molecular formula is C13H15NO5S. The Morgan fingerprint density at radius 2 is 2.05 bits per heavy atom. The van der Waals surface area contributed by atoms with Crippen LogP contribution in [0, 0.1) is 0 Å². The second kappa shape index (κ2) is 6.04. The molecule has 0 radical (unpaired) electrons. The van der Waals surface area contributed by atoms with Gasteiger partial charge in [-0.2, -0.15) is 0 Å². The third kappa shape index (κ3) is 3.36. The van der Waals surface area contributed by atoms with E-state index in [1.165, 1.54) is 16.2 Å². The molecule has 1 aliphatic carbocycles. The number of thiophene rings is 1. The number of carboxylic acids is 2. The Hall–Kier alpha value is -1.89. The normalized spacial score (nSPS) is 14.6. The van der Waals surface area contributed by atoms with E-state index in [1.54, 1.807) is 6.07 Å². The van der Waals surface area contributed by atoms with E-state index in [0.29, 0.717) is 4.88 Å². The molecule has 0 saturated heterocycles. The number of amides is 1. The number of aryl methyl sites for hydroxylation is 2. The summed E-state index contributed by atoms with van der Waals surface area (Å²) in [6, 6.07) is 0.633. The topological polar surface area (TPSA) is 104 Å². The van der Waals surface area contributed by atoms with E-state index >= 15 is 0 Å². The molecule has 0 bridgehead atoms. The van der Waals surface area contributed by atoms with Crippen LogP contribution in [-0.4, -0.2) is 34.1 Å². The first-order valence-corrected chi connectivity index (χ1v) is 7.16. The van der Waals surface area contributed by atoms with E-state index in [9.17, 15) is 14.4 Å². The van der Waals surface area contributed by atoms with Crippen LogP contribution in [0.3, 0.4) is 0 Å². The van der Waals surface area contributed by atoms with E-state index in [1.807, 2.05) is 0 Å². The minimum atomic E-state index is -1.22. The molecule has 0 fully saturated rings. The molecule has 1 aromatic rings. The highest BCUT2D eigenvalue weighted by molar-refractivity contribution is 7.14. The van der Waals surface area contributed by atoms with Crippen molar-refractivity contribution in [3.8, 4) is 0 Å². The molecular weight excluding hydrogens is 282 g/mol. The summed E-state index contributed by atoms with van der Waals surface area (Å²) in [5, 5.41) is 20.0. The molecule has 1 unspecified atom stereocenters. The molecule has 2 rings (SSSR count). The first kappa shape index (κ1) is 14.5. The van der Waals surface area contributed by atoms with Crippen LogP contribution in [0.25, 0.3) is 0 Å². The van der Waals surface area contributed by atoms with Crippen molar-refractivity contribution >= 4 is 29.2 Å². The summed E-state index contributed by atoms with van der Waals surface area (Å²) in [6.45, 7) is 0. The third-order valence-electron chi connectivity index (χ3n) is 3.22. The summed E-state index contributed by atoms with van der Waals surface area (Å²) >= 11 is 1.39. The molecule has 1 heterocycles. The highest BCUT2D eigenvalue weighted by atomic mass is 32.1. The van der Waals surface area contributed by atoms with Crippen molar-refractivity contribution in [2.24, 2.45) is 0 Å². The van der Waals surface area contributed by atoms with Crippen LogP contribution in [0.4, 0.5) is 0 Å². The second-order valence-corrected chi connectivity index (χ2v) is 5.85. The summed E-state index contributed by atoms with van der Waals surface area (Å²) in [5.74, 6) is -2.74. The first-order valence-electron chi connectivity index (χ1n) is 6.34. The van der Waals surface area contributed by atoms with Gasteiger partial charge in [0.15, 0.2) is 0 Å². The fraction of sp³-hybridized carbons (Fsp3) is 0.462. The van der Waals surface area contributed by atoms with Crippen molar-refractivity contribution in [1.29, 1.82) is 0 Å². The summed E-state index contributed by atoms with van der Waals surface area (Å²) in [7, 11) is 0. The Morgan fingerprint density at radius 1 is 1.30 bits per heavy atom. The van der Waals surface area contributed by atoms with Gasteiger partial charge in [-0.05, 0) is 37.3 Å². The molecule has 1 amide bonds. The van der Waals surface area contributed by atoms with Crippen molar-refractivity contribution in [2.75, 3.05) is 0 Å². The smallest absolute Gasteiger partial charge is 0.326 e. The largest absolute Gasteiger partial charge is 0.481 e. The number of aliphatic carboxylic acids is 2. The number of hydrogen-bond acceptors (Lipinski definition) is 4. The van der Waals surface area contributed by atoms with Gasteiger partial charge in [0.25, 0.3) is 5.91 Å². The maximum Gasteiger partial charge on any atom is 0.326 e. The van der Waals surface area contributed by atoms with Gasteiger partial charge in [-0.1, -0.05) is 0 Å². The maximum absolute atomic E-state index is 12.0. The van der Waals surface area contributed by atoms with Crippen molar-refractivity contribution in [2.45, 2.75) is 38.1 Å². The van der Waals surface area contributed by atoms with Gasteiger partial charge in [0, 0.05) is 11.3 Å². The predicted octanol–water partition coefficient (Wildman–Crippen LogP) is 1.28. The molecule has 1 atom stereocenters. The molecule has 0 aromatic carbocycles. The minimum absolute atomic E-state index is 0.124. The van der Waals surface area contributed by atoms with Crippen molar-refractivity contribution < 1.29 is 24.6 Å². The SMILES string of the molecule is O=C(O)CCC(NC(=O)c1cc2c(s1)CCC2)C(=O)O. The van der Waals surface area contributed by atoms with Gasteiger partial charge in [0.2, 0.25) is 0 Å². The van der Waals surface area contributed by atoms with Crippen LogP contribution in [0.5, 0.6) is 0 Å². The van der Waals surface area contributed by atoms with Gasteiger partial charge in [-0.15, -0.1) is 11.3 Å². The monoisotopic (exact) mass is 297 g/mol. The molecule has 20 heavy (non-hydrogen) atoms. The zero-order valence-electron chi connectivity index (χ0n) is 10.7. The molecule has 6 nitrogen and oxygen atoms in total. The van der Waals surface area contributed by atoms with Crippen LogP contribution in [0.15, 0.2) is 6.07 Å². The Labute approximate surface area is 119 Å². The molecule has 0 saturated carbocycles. The molecule has 108 valence electrons. The van der Waals surface area contributed by atoms with E-state index in [0.717, 1.165) is 24.8 Å². The van der Waals surface area contributed by atoms with Crippen LogP contribution >= 0.6 is 11.3 Å². The van der Waals surface area contributed by atoms with Gasteiger partial charge in [0.1, 0.15) is 6.04 Å². The van der Waals surface area contributed by atoms with E-state index in [2.05, 4.69) is 5.32 Å². The van der Waals surface area contributed by atoms with Gasteiger partial charge in [0.05, 0.1) is 4.88 Å². The Kier molecular flexibility index (Phi) is 4.39. The number of hydrogen-bond donors (Lipinski definition) is 3. The first-order chi connectivity index (χ1) is 9.47. The van der Waals surface area contributed by atoms with Gasteiger partial charge >= 0.3 is 11.9 Å². The second-order valence-electron chi connectivity index (χ2n) is 4.71. The van der Waals surface area contributed by atoms with Crippen molar-refractivity contribution in [3.05, 3.63) is 21.4 Å². The number of fused-ring (bicyclic) bond motifs is 1. The van der Waals surface area contributed by atoms with E-state index in [-0.39, 0.29) is 12.8 Å². The summed E-state index contributed by atoms with van der Waals surface area (Å²) in [6.07, 6.45) is 2.61. The van der Waals surface area contributed by atoms with Crippen LogP contribution < -0.4 is 5.32 Å². The highest BCUT2D eigenvalue weighted by Gasteiger charge is 2.24. The molecule has 0 spiro atoms. The fourth-order valence-corrected chi connectivity index (χ4v) is 3.35. The molecule has 3 N–H and O–H groups in total. The third-order valence-corrected chi connectivity index (χ3v) is 4.46. The number of carbonyl (C=O) groups excluding carboxylic acids is 1. The lowest BCUT2D eigenvalue weighted by Crippen LogP contribution is -2.40. The lowest BCUT2D eigenvalue weighted by molar-refractivity contribution is -0.140. The average molecular weight is 297 g/mol. The van der Waals surface area contributed by atoms with Crippen molar-refractivity contribution in [1.82, 2.24) is 5.32 Å². The number of carboxylic acid groups (broad SMARTS) is 2. The summed E-state index contributed by atoms with van der Waals surface area (Å²) in [5.41, 5.74) is 1.16. The highest BCUT2D eigenvalue weighted by Crippen LogP contribution is 2.30. The molecule has 7 heteroatoms. The van der Waals surface area contributed by atoms with Gasteiger partial charge < -0.3 is 15.5 Å². The predicted molar refractivity (Wildman–Crippen MR) is 72.1 cm³/mol. The van der Waals surface area contributed by atoms with E-state index in [4.69, 9.17) is 10.2 Å². The van der Waals surface area contributed by atoms with Crippen molar-refractivity contribution in [3.63, 3.8) is 0 Å². The van der Waals surface area contributed by atoms with Crippen LogP contribution in [-0.2, 0) is 22.4 Å². The maximum atomic E-state index is 12.0. The minimum Gasteiger partial charge on any atom is -0.481 e. The van der Waals surface area contributed by atoms with Crippen LogP contribution in [0.1, 0.15) is 39.4 Å². The van der Waals surface area contributed by atoms with Gasteiger partial charge in [-0.3, -0.25) is 9.59 Å². The number of carbonyl (C=O) groups is 3. The quantitative estimate of drug-likeness (QED) is 0.734. The Balaban J connectivity index is 2.00. The standard InChI is InChI=1S/C13H15NO5S/c15-11(16)5-4-8(13(18)19)14-12(17)10-6-7-2-1-3-9(7)20-10/h6,8H,1-5H2,(H,14,17)(H,15,16)(H,18,19). The lowest BCUT2D eigenvalue weighted by atomic mass is 10.1. The average Bonchev–Trinajstić information content (AvgIpc) is 2.93. The number of nitrogens with one attached hydrogen (secondary N) is 1. The molecule has 0 aliphatic heterocycles. The Morgan fingerprint density at radius 3 is 2.65 bits per heavy atom. The Bertz CT molecular complexity index is 529. The van der Waals surface area contributed by atoms with Gasteiger partial charge in [-0.25, -0.2) is 4.79 Å². The lowest BCUT2D eigenvalue weighted by Gasteiger charge is -2.12. The van der Waals surface area contributed by atoms with E-state index < -0.39 is 23.9 Å². The number of rotatable bonds is 6. The molecule has 1 aliphatic rings. The zero-order chi connectivity index (χ0) is 14.7. The fourth-order valence-electron chi connectivity index (χ4n) is 2.20. The van der Waals surface area contributed by atoms with Crippen LogP contribution in [0.2, 0.25) is 0 Å². The molecule has 1 aromatic heterocycles.